The van der Waals surface area contributed by atoms with Gasteiger partial charge >= 0.3 is 7.82 Å². The van der Waals surface area contributed by atoms with E-state index in [2.05, 4.69) is 12.2 Å². The van der Waals surface area contributed by atoms with E-state index in [9.17, 15) is 19.6 Å². The number of rotatable bonds is 13. The molecule has 0 unspecified atom stereocenters. The molecule has 9 atom stereocenters. The van der Waals surface area contributed by atoms with Gasteiger partial charge in [0.25, 0.3) is 0 Å². The van der Waals surface area contributed by atoms with Crippen molar-refractivity contribution in [1.82, 2.24) is 10.2 Å². The summed E-state index contributed by atoms with van der Waals surface area (Å²) in [7, 11) is -2.06. The molecule has 36 heavy (non-hydrogen) atoms. The maximum absolute atomic E-state index is 13.2. The fraction of sp³-hybridized carbons (Fsp3) is 0.955. The van der Waals surface area contributed by atoms with Crippen LogP contribution in [0.3, 0.4) is 0 Å². The number of likely N-dealkylation sites (N-methyl/N-ethyl adjacent to an activating group) is 1. The largest absolute Gasteiger partial charge is 0.475 e. The first-order valence-electron chi connectivity index (χ1n) is 12.3. The average Bonchev–Trinajstić information content (AvgIpc) is 3.16. The molecule has 0 bridgehead atoms. The average molecular weight is 598 g/mol. The molecule has 0 aliphatic carbocycles. The van der Waals surface area contributed by atoms with Crippen LogP contribution in [0.4, 0.5) is 0 Å². The van der Waals surface area contributed by atoms with Gasteiger partial charge in [-0.1, -0.05) is 13.3 Å². The van der Waals surface area contributed by atoms with E-state index in [4.69, 9.17) is 29.9 Å². The molecule has 0 saturated carbocycles. The maximum Gasteiger partial charge on any atom is 0.475 e. The van der Waals surface area contributed by atoms with Gasteiger partial charge in [0.05, 0.1) is 30.7 Å². The molecule has 2 rings (SSSR count). The molecular weight excluding hydrogens is 554 g/mol. The summed E-state index contributed by atoms with van der Waals surface area (Å²) in [6.45, 7) is 8.10. The monoisotopic (exact) mass is 596 g/mol. The molecule has 2 fully saturated rings. The topological polar surface area (TPSA) is 127 Å². The molecule has 0 aromatic carbocycles. The van der Waals surface area contributed by atoms with Crippen LogP contribution in [-0.4, -0.2) is 101 Å². The van der Waals surface area contributed by atoms with Crippen molar-refractivity contribution >= 4 is 49.5 Å². The highest BCUT2D eigenvalue weighted by atomic mass is 35.5. The highest BCUT2D eigenvalue weighted by Crippen LogP contribution is 2.52. The van der Waals surface area contributed by atoms with Crippen molar-refractivity contribution in [3.8, 4) is 0 Å². The van der Waals surface area contributed by atoms with Crippen molar-refractivity contribution in [1.29, 1.82) is 0 Å². The number of carbonyl (C=O) groups excluding carboxylic acids is 1. The van der Waals surface area contributed by atoms with E-state index in [0.717, 1.165) is 25.8 Å². The van der Waals surface area contributed by atoms with Gasteiger partial charge in [0.1, 0.15) is 29.9 Å². The molecule has 2 aliphatic heterocycles. The number of carbonyl (C=O) groups is 1. The zero-order chi connectivity index (χ0) is 26.3. The van der Waals surface area contributed by atoms with Crippen LogP contribution in [0, 0.1) is 5.92 Å². The number of thioether (sulfide) groups is 1. The van der Waals surface area contributed by atoms with Crippen molar-refractivity contribution in [2.45, 2.75) is 94.3 Å². The predicted molar refractivity (Wildman–Crippen MR) is 144 cm³/mol. The lowest BCUT2D eigenvalue weighted by atomic mass is 9.92. The second kappa shape index (κ2) is 15.8. The van der Waals surface area contributed by atoms with Gasteiger partial charge in [0, 0.05) is 6.54 Å². The van der Waals surface area contributed by atoms with Crippen molar-refractivity contribution < 1.29 is 37.9 Å². The Kier molecular flexibility index (Phi) is 15.1. The quantitative estimate of drug-likeness (QED) is 0.216. The smallest absolute Gasteiger partial charge is 0.388 e. The first-order valence-corrected chi connectivity index (χ1v) is 15.5. The van der Waals surface area contributed by atoms with E-state index in [1.54, 1.807) is 27.0 Å². The lowest BCUT2D eigenvalue weighted by Gasteiger charge is -2.45. The first-order chi connectivity index (χ1) is 16.5. The van der Waals surface area contributed by atoms with Gasteiger partial charge in [-0.3, -0.25) is 23.3 Å². The van der Waals surface area contributed by atoms with Gasteiger partial charge in [-0.05, 0) is 52.8 Å². The molecule has 0 radical (unpaired) electrons. The third kappa shape index (κ3) is 8.68. The highest BCUT2D eigenvalue weighted by molar-refractivity contribution is 7.99. The number of alkyl halides is 1. The summed E-state index contributed by atoms with van der Waals surface area (Å²) in [6.07, 6.45) is -0.568. The van der Waals surface area contributed by atoms with Gasteiger partial charge in [-0.25, -0.2) is 4.57 Å². The number of likely N-dealkylation sites (tertiary alicyclic amines) is 1. The summed E-state index contributed by atoms with van der Waals surface area (Å²) in [5.74, 6) is 0.265. The second-order valence-corrected chi connectivity index (χ2v) is 12.3. The van der Waals surface area contributed by atoms with Crippen LogP contribution < -0.4 is 5.32 Å². The van der Waals surface area contributed by atoms with E-state index in [1.165, 1.54) is 11.8 Å². The molecule has 2 aliphatic rings. The molecule has 0 aromatic heterocycles. The highest BCUT2D eigenvalue weighted by Gasteiger charge is 2.52. The lowest BCUT2D eigenvalue weighted by Crippen LogP contribution is -2.65. The summed E-state index contributed by atoms with van der Waals surface area (Å²) in [6, 6.07) is -1.08. The third-order valence-corrected chi connectivity index (χ3v) is 9.20. The minimum Gasteiger partial charge on any atom is -0.388 e. The van der Waals surface area contributed by atoms with Gasteiger partial charge in [0.2, 0.25) is 5.91 Å². The number of aliphatic hydroxyl groups excluding tert-OH is 2. The number of nitrogens with zero attached hydrogens (tertiary/aromatic N) is 1. The Hall–Kier alpha value is 0.350. The van der Waals surface area contributed by atoms with Crippen LogP contribution in [-0.2, 0) is 27.7 Å². The maximum atomic E-state index is 13.2. The number of phosphoric ester groups is 1. The number of nitrogens with one attached hydrogen (secondary N) is 1. The van der Waals surface area contributed by atoms with Crippen LogP contribution in [0.5, 0.6) is 0 Å². The Bertz CT molecular complexity index is 716. The standard InChI is InChI=1S/C22H42ClN2O8PS.ClH/c1-7-10-14-11-15(25(5)12-14)21(28)24-16(13(4)23)19-17(26)18(27)20(22(32-19)35-6)33-34(29,30-8-2)31-9-3;/h13-20,22,26-27H,7-12H2,1-6H3,(H,24,28);1H/t13-,14+,15-,16+,17+,18-,19+,20+,22+;/m0./s1. The minimum atomic E-state index is -3.99. The summed E-state index contributed by atoms with van der Waals surface area (Å²) in [5, 5.41) is 24.3. The Morgan fingerprint density at radius 3 is 2.36 bits per heavy atom. The Morgan fingerprint density at radius 1 is 1.25 bits per heavy atom. The zero-order valence-corrected chi connectivity index (χ0v) is 25.2. The lowest BCUT2D eigenvalue weighted by molar-refractivity contribution is -0.202. The predicted octanol–water partition coefficient (Wildman–Crippen LogP) is 3.02. The van der Waals surface area contributed by atoms with Gasteiger partial charge in [-0.2, -0.15) is 0 Å². The molecule has 14 heteroatoms. The Morgan fingerprint density at radius 2 is 1.86 bits per heavy atom. The van der Waals surface area contributed by atoms with Crippen molar-refractivity contribution in [3.05, 3.63) is 0 Å². The number of halogens is 2. The van der Waals surface area contributed by atoms with E-state index < -0.39 is 49.1 Å². The molecule has 2 heterocycles. The number of aliphatic hydroxyl groups is 2. The first kappa shape index (κ1) is 34.4. The van der Waals surface area contributed by atoms with Crippen LogP contribution in [0.25, 0.3) is 0 Å². The van der Waals surface area contributed by atoms with Gasteiger partial charge < -0.3 is 20.3 Å². The SMILES string of the molecule is CCC[C@@H]1C[C@@H](C(=O)N[C@@H]([C@H]2O[C@H](SC)[C@H](OP(=O)(OCC)OCC)[C@@H](O)[C@H]2O)[C@H](C)Cl)N(C)C1.Cl. The van der Waals surface area contributed by atoms with Crippen LogP contribution in [0.15, 0.2) is 0 Å². The van der Waals surface area contributed by atoms with E-state index in [0.29, 0.717) is 5.92 Å². The number of hydrogen-bond acceptors (Lipinski definition) is 10. The second-order valence-electron chi connectivity index (χ2n) is 9.10. The summed E-state index contributed by atoms with van der Waals surface area (Å²) in [5.41, 5.74) is -0.828. The van der Waals surface area contributed by atoms with Crippen molar-refractivity contribution in [2.75, 3.05) is 33.1 Å². The number of hydrogen-bond donors (Lipinski definition) is 3. The van der Waals surface area contributed by atoms with Crippen molar-refractivity contribution in [3.63, 3.8) is 0 Å². The fourth-order valence-corrected chi connectivity index (χ4v) is 7.15. The van der Waals surface area contributed by atoms with E-state index >= 15 is 0 Å². The zero-order valence-electron chi connectivity index (χ0n) is 21.9. The summed E-state index contributed by atoms with van der Waals surface area (Å²) >= 11 is 7.65. The minimum absolute atomic E-state index is 0. The summed E-state index contributed by atoms with van der Waals surface area (Å²) < 4.78 is 34.9. The number of ether oxygens (including phenoxy) is 1. The number of phosphoric acid groups is 1. The van der Waals surface area contributed by atoms with Crippen LogP contribution >= 0.6 is 43.6 Å². The normalized spacial score (nSPS) is 33.1. The summed E-state index contributed by atoms with van der Waals surface area (Å²) in [4.78, 5) is 15.2. The molecule has 1 amide bonds. The fourth-order valence-electron chi connectivity index (χ4n) is 4.77. The molecule has 2 saturated heterocycles. The van der Waals surface area contributed by atoms with Crippen LogP contribution in [0.1, 0.15) is 47.0 Å². The van der Waals surface area contributed by atoms with E-state index in [1.807, 2.05) is 11.9 Å². The van der Waals surface area contributed by atoms with Gasteiger partial charge in [0.15, 0.2) is 0 Å². The number of amides is 1. The van der Waals surface area contributed by atoms with Crippen molar-refractivity contribution in [2.24, 2.45) is 5.92 Å². The molecule has 10 nitrogen and oxygen atoms in total. The molecule has 214 valence electrons. The molecule has 3 N–H and O–H groups in total. The molecule has 0 aromatic rings. The van der Waals surface area contributed by atoms with E-state index in [-0.39, 0.29) is 37.6 Å². The van der Waals surface area contributed by atoms with Crippen LogP contribution in [0.2, 0.25) is 0 Å². The Labute approximate surface area is 230 Å². The third-order valence-electron chi connectivity index (χ3n) is 6.43. The molecular formula is C22H43Cl2N2O8PS. The Balaban J connectivity index is 0.00000648. The van der Waals surface area contributed by atoms with Gasteiger partial charge in [-0.15, -0.1) is 35.8 Å². The molecule has 0 spiro atoms.